The van der Waals surface area contributed by atoms with Gasteiger partial charge < -0.3 is 39.0 Å². The van der Waals surface area contributed by atoms with Crippen LogP contribution in [0.4, 0.5) is 0 Å². The summed E-state index contributed by atoms with van der Waals surface area (Å²) in [5.74, 6) is -7.30. The second-order valence-electron chi connectivity index (χ2n) is 16.7. The van der Waals surface area contributed by atoms with Gasteiger partial charge in [0.05, 0.1) is 30.1 Å². The summed E-state index contributed by atoms with van der Waals surface area (Å²) in [5.41, 5.74) is -2.87. The molecule has 12 heteroatoms. The van der Waals surface area contributed by atoms with Crippen LogP contribution >= 0.6 is 15.9 Å². The van der Waals surface area contributed by atoms with Gasteiger partial charge in [-0.3, -0.25) is 9.59 Å². The van der Waals surface area contributed by atoms with Crippen LogP contribution in [0.5, 0.6) is 0 Å². The minimum absolute atomic E-state index is 0.00730. The first-order valence-corrected chi connectivity index (χ1v) is 19.3. The first-order valence-electron chi connectivity index (χ1n) is 18.2. The molecule has 276 valence electrons. The predicted molar refractivity (Wildman–Crippen MR) is 180 cm³/mol. The summed E-state index contributed by atoms with van der Waals surface area (Å²) >= 11 is 3.54. The van der Waals surface area contributed by atoms with Gasteiger partial charge in [-0.2, -0.15) is 0 Å². The Morgan fingerprint density at radius 1 is 1.12 bits per heavy atom. The second kappa shape index (κ2) is 13.2. The number of aliphatic hydroxyl groups excluding tert-OH is 1. The molecule has 2 bridgehead atoms. The molecule has 2 aliphatic heterocycles. The van der Waals surface area contributed by atoms with E-state index in [2.05, 4.69) is 15.9 Å². The molecule has 12 atom stereocenters. The minimum atomic E-state index is -2.11. The van der Waals surface area contributed by atoms with E-state index in [4.69, 9.17) is 23.7 Å². The molecule has 6 rings (SSSR count). The molecule has 2 heterocycles. The largest absolute Gasteiger partial charge is 0.459 e. The molecular weight excluding hydrogens is 700 g/mol. The van der Waals surface area contributed by atoms with Crippen molar-refractivity contribution < 1.29 is 53.4 Å². The van der Waals surface area contributed by atoms with Crippen LogP contribution < -0.4 is 0 Å². The number of aliphatic hydroxyl groups is 3. The van der Waals surface area contributed by atoms with Crippen LogP contribution in [-0.2, 0) is 38.1 Å². The third-order valence-electron chi connectivity index (χ3n) is 13.6. The van der Waals surface area contributed by atoms with Gasteiger partial charge in [0, 0.05) is 22.7 Å². The zero-order chi connectivity index (χ0) is 35.8. The smallest absolute Gasteiger partial charge is 0.348 e. The van der Waals surface area contributed by atoms with Crippen molar-refractivity contribution in [2.24, 2.45) is 46.3 Å². The van der Waals surface area contributed by atoms with E-state index in [0.29, 0.717) is 11.8 Å². The van der Waals surface area contributed by atoms with Crippen molar-refractivity contribution in [3.05, 3.63) is 11.6 Å². The lowest BCUT2D eigenvalue weighted by atomic mass is 9.38. The summed E-state index contributed by atoms with van der Waals surface area (Å²) in [6.45, 7) is 12.7. The molecular formula is C37H55BrO11. The predicted octanol–water partition coefficient (Wildman–Crippen LogP) is 4.22. The minimum Gasteiger partial charge on any atom is -0.459 e. The zero-order valence-electron chi connectivity index (χ0n) is 29.9. The van der Waals surface area contributed by atoms with Crippen LogP contribution in [0.1, 0.15) is 93.4 Å². The average Bonchev–Trinajstić information content (AvgIpc) is 3.33. The Bertz CT molecular complexity index is 1340. The molecule has 4 aliphatic carbocycles. The zero-order valence-corrected chi connectivity index (χ0v) is 31.4. The Balaban J connectivity index is 1.40. The molecule has 11 nitrogen and oxygen atoms in total. The van der Waals surface area contributed by atoms with Crippen molar-refractivity contribution in [3.63, 3.8) is 0 Å². The van der Waals surface area contributed by atoms with Crippen LogP contribution in [0.25, 0.3) is 0 Å². The molecule has 0 aromatic heterocycles. The number of rotatable bonds is 10. The van der Waals surface area contributed by atoms with E-state index >= 15 is 0 Å². The van der Waals surface area contributed by atoms with Gasteiger partial charge in [-0.25, -0.2) is 4.79 Å². The molecule has 0 amide bonds. The summed E-state index contributed by atoms with van der Waals surface area (Å²) in [7, 11) is 0. The van der Waals surface area contributed by atoms with Crippen LogP contribution in [0.15, 0.2) is 11.6 Å². The highest BCUT2D eigenvalue weighted by molar-refractivity contribution is 9.09. The molecule has 6 aliphatic rings. The summed E-state index contributed by atoms with van der Waals surface area (Å²) in [6.07, 6.45) is 1.21. The van der Waals surface area contributed by atoms with Crippen LogP contribution in [0.2, 0.25) is 0 Å². The Hall–Kier alpha value is -1.41. The van der Waals surface area contributed by atoms with Crippen molar-refractivity contribution in [1.29, 1.82) is 0 Å². The number of hydrogen-bond donors (Lipinski definition) is 3. The van der Waals surface area contributed by atoms with Crippen molar-refractivity contribution in [1.82, 2.24) is 0 Å². The fourth-order valence-electron chi connectivity index (χ4n) is 11.1. The number of ketones is 1. The molecule has 5 unspecified atom stereocenters. The lowest BCUT2D eigenvalue weighted by Gasteiger charge is -2.68. The van der Waals surface area contributed by atoms with Gasteiger partial charge in [0.25, 0.3) is 0 Å². The molecule has 3 N–H and O–H groups in total. The number of fused-ring (bicyclic) bond motifs is 1. The van der Waals surface area contributed by atoms with Crippen molar-refractivity contribution in [2.75, 3.05) is 11.9 Å². The topological polar surface area (TPSA) is 158 Å². The highest BCUT2D eigenvalue weighted by Crippen LogP contribution is 2.74. The summed E-state index contributed by atoms with van der Waals surface area (Å²) in [4.78, 5) is 41.5. The molecule has 0 aromatic rings. The number of esters is 2. The van der Waals surface area contributed by atoms with Gasteiger partial charge >= 0.3 is 11.9 Å². The molecule has 5 fully saturated rings. The molecule has 0 aromatic carbocycles. The SMILES string of the molecule is CC1=CC(=O)[C@@H](OC(CBr)OC2CCCCC2)[C@]2(C)C3C4(O)OC[C@]35C(C(OC(=O)CC(O)(C(C)C)C(C)C)C(=O)O[C@@H]5C[C@@H]12)[C@@H](C)[C@H]4O. The number of halogens is 1. The van der Waals surface area contributed by atoms with E-state index in [0.717, 1.165) is 37.7 Å². The highest BCUT2D eigenvalue weighted by atomic mass is 79.9. The summed E-state index contributed by atoms with van der Waals surface area (Å²) in [6, 6.07) is 0. The maximum absolute atomic E-state index is 14.1. The fraction of sp³-hybridized carbons (Fsp3) is 0.865. The van der Waals surface area contributed by atoms with E-state index in [1.807, 2.05) is 41.5 Å². The quantitative estimate of drug-likeness (QED) is 0.167. The van der Waals surface area contributed by atoms with Gasteiger partial charge in [0.1, 0.15) is 18.3 Å². The van der Waals surface area contributed by atoms with Crippen LogP contribution in [-0.4, -0.2) is 93.2 Å². The van der Waals surface area contributed by atoms with Crippen LogP contribution in [0.3, 0.4) is 0 Å². The number of carbonyl (C=O) groups is 3. The van der Waals surface area contributed by atoms with E-state index in [9.17, 15) is 29.7 Å². The maximum Gasteiger partial charge on any atom is 0.348 e. The number of ether oxygens (including phenoxy) is 5. The molecule has 1 spiro atoms. The summed E-state index contributed by atoms with van der Waals surface area (Å²) < 4.78 is 31.5. The summed E-state index contributed by atoms with van der Waals surface area (Å²) in [5, 5.41) is 36.1. The van der Waals surface area contributed by atoms with E-state index in [1.54, 1.807) is 13.0 Å². The van der Waals surface area contributed by atoms with Gasteiger partial charge in [-0.15, -0.1) is 0 Å². The Labute approximate surface area is 297 Å². The third-order valence-corrected chi connectivity index (χ3v) is 14.1. The van der Waals surface area contributed by atoms with E-state index in [-0.39, 0.29) is 42.7 Å². The van der Waals surface area contributed by atoms with E-state index in [1.165, 1.54) is 0 Å². The lowest BCUT2D eigenvalue weighted by molar-refractivity contribution is -0.346. The average molecular weight is 756 g/mol. The monoisotopic (exact) mass is 754 g/mol. The molecule has 3 saturated carbocycles. The first kappa shape index (κ1) is 37.4. The molecule has 49 heavy (non-hydrogen) atoms. The van der Waals surface area contributed by atoms with Gasteiger partial charge in [-0.05, 0) is 55.9 Å². The third kappa shape index (κ3) is 5.60. The normalized spacial score (nSPS) is 42.8. The second-order valence-corrected chi connectivity index (χ2v) is 17.3. The Kier molecular flexibility index (Phi) is 10.1. The van der Waals surface area contributed by atoms with Gasteiger partial charge in [0.15, 0.2) is 17.9 Å². The van der Waals surface area contributed by atoms with Crippen molar-refractivity contribution in [3.8, 4) is 0 Å². The van der Waals surface area contributed by atoms with E-state index < -0.39 is 82.6 Å². The maximum atomic E-state index is 14.1. The van der Waals surface area contributed by atoms with Crippen molar-refractivity contribution >= 4 is 33.7 Å². The van der Waals surface area contributed by atoms with Gasteiger partial charge in [0.2, 0.25) is 6.10 Å². The molecule has 2 saturated heterocycles. The van der Waals surface area contributed by atoms with Gasteiger partial charge in [-0.1, -0.05) is 82.3 Å². The Morgan fingerprint density at radius 3 is 2.39 bits per heavy atom. The number of hydrogen-bond acceptors (Lipinski definition) is 11. The van der Waals surface area contributed by atoms with Crippen LogP contribution in [0, 0.1) is 46.3 Å². The number of alkyl halides is 1. The highest BCUT2D eigenvalue weighted by Gasteiger charge is 2.84. The molecule has 0 radical (unpaired) electrons. The lowest BCUT2D eigenvalue weighted by Crippen LogP contribution is -2.78. The number of allylic oxidation sites excluding steroid dienone is 1. The number of carbonyl (C=O) groups excluding carboxylic acids is 3. The Morgan fingerprint density at radius 2 is 1.78 bits per heavy atom. The standard InChI is InChI=1S/C37H55BrO11/c1-18(2)36(43,19(3)4)15-26(40)48-29-28-21(6)30(41)37(44)33-34(7)23(14-25(47-32(29)42)35(28,33)17-45-37)20(5)13-24(39)31(34)49-27(16-38)46-22-11-9-8-10-12-22/h13,18-19,21-23,25,27-31,33,41,43-44H,8-12,14-17H2,1-7H3/t21-,23+,25-,27?,28?,29?,30-,31-,33?,34-,35+,37?/m1/s1. The first-order chi connectivity index (χ1) is 23.0. The van der Waals surface area contributed by atoms with Crippen molar-refractivity contribution in [2.45, 2.75) is 142 Å². The fourth-order valence-corrected chi connectivity index (χ4v) is 11.4.